The van der Waals surface area contributed by atoms with Gasteiger partial charge in [0.2, 0.25) is 5.28 Å². The van der Waals surface area contributed by atoms with Gasteiger partial charge in [0.25, 0.3) is 0 Å². The average molecular weight is 310 g/mol. The van der Waals surface area contributed by atoms with Gasteiger partial charge in [0.15, 0.2) is 0 Å². The van der Waals surface area contributed by atoms with Crippen LogP contribution in [0.2, 0.25) is 10.4 Å². The second kappa shape index (κ2) is 4.14. The topological polar surface area (TPSA) is 25.8 Å². The van der Waals surface area contributed by atoms with Crippen LogP contribution in [-0.4, -0.2) is 9.97 Å². The van der Waals surface area contributed by atoms with E-state index in [-0.39, 0.29) is 5.28 Å². The lowest BCUT2D eigenvalue weighted by molar-refractivity contribution is 1.18. The van der Waals surface area contributed by atoms with Gasteiger partial charge >= 0.3 is 0 Å². The number of rotatable bonds is 1. The summed E-state index contributed by atoms with van der Waals surface area (Å²) in [6.07, 6.45) is 0. The minimum absolute atomic E-state index is 0.164. The summed E-state index contributed by atoms with van der Waals surface area (Å²) >= 11 is 16.4. The molecule has 0 aliphatic rings. The second-order valence-electron chi connectivity index (χ2n) is 2.45. The number of nitrogens with zero attached hydrogens (tertiary/aromatic N) is 2. The van der Waals surface area contributed by atoms with Crippen LogP contribution in [0, 0.1) is 0 Å². The standard InChI is InChI=1S/C8H3BrCl2N2S/c9-6-2-1-5(14-6)4-3-7(10)13-8(11)12-4/h1-3H. The molecule has 0 amide bonds. The molecule has 0 atom stereocenters. The van der Waals surface area contributed by atoms with Crippen molar-refractivity contribution < 1.29 is 0 Å². The van der Waals surface area contributed by atoms with Gasteiger partial charge in [0.05, 0.1) is 14.4 Å². The van der Waals surface area contributed by atoms with Crippen molar-refractivity contribution in [3.8, 4) is 10.6 Å². The molecule has 2 aromatic rings. The van der Waals surface area contributed by atoms with E-state index in [0.29, 0.717) is 5.15 Å². The Morgan fingerprint density at radius 2 is 2.00 bits per heavy atom. The van der Waals surface area contributed by atoms with Crippen molar-refractivity contribution >= 4 is 50.5 Å². The van der Waals surface area contributed by atoms with Crippen LogP contribution in [0.3, 0.4) is 0 Å². The van der Waals surface area contributed by atoms with Crippen molar-refractivity contribution in [1.29, 1.82) is 0 Å². The highest BCUT2D eigenvalue weighted by Crippen LogP contribution is 2.31. The highest BCUT2D eigenvalue weighted by Gasteiger charge is 2.06. The lowest BCUT2D eigenvalue weighted by Crippen LogP contribution is -1.85. The number of halogens is 3. The van der Waals surface area contributed by atoms with E-state index in [4.69, 9.17) is 23.2 Å². The van der Waals surface area contributed by atoms with Gasteiger partial charge in [0, 0.05) is 6.07 Å². The highest BCUT2D eigenvalue weighted by atomic mass is 79.9. The first-order valence-electron chi connectivity index (χ1n) is 3.61. The van der Waals surface area contributed by atoms with Gasteiger partial charge < -0.3 is 0 Å². The second-order valence-corrected chi connectivity index (χ2v) is 5.64. The Kier molecular flexibility index (Phi) is 3.07. The molecule has 0 aliphatic carbocycles. The van der Waals surface area contributed by atoms with E-state index in [1.54, 1.807) is 17.4 Å². The molecular weight excluding hydrogens is 307 g/mol. The van der Waals surface area contributed by atoms with Crippen LogP contribution in [0.25, 0.3) is 10.6 Å². The van der Waals surface area contributed by atoms with Gasteiger partial charge in [0.1, 0.15) is 5.15 Å². The maximum atomic E-state index is 5.76. The first-order valence-corrected chi connectivity index (χ1v) is 5.97. The number of hydrogen-bond donors (Lipinski definition) is 0. The van der Waals surface area contributed by atoms with E-state index < -0.39 is 0 Å². The van der Waals surface area contributed by atoms with Crippen LogP contribution < -0.4 is 0 Å². The molecule has 0 unspecified atom stereocenters. The fraction of sp³-hybridized carbons (Fsp3) is 0. The average Bonchev–Trinajstić information content (AvgIpc) is 2.50. The van der Waals surface area contributed by atoms with Gasteiger partial charge in [-0.3, -0.25) is 0 Å². The zero-order valence-corrected chi connectivity index (χ0v) is 10.6. The predicted octanol–water partition coefficient (Wildman–Crippen LogP) is 4.27. The SMILES string of the molecule is Clc1cc(-c2ccc(Br)s2)nc(Cl)n1. The lowest BCUT2D eigenvalue weighted by atomic mass is 10.3. The lowest BCUT2D eigenvalue weighted by Gasteiger charge is -1.97. The molecule has 0 aliphatic heterocycles. The van der Waals surface area contributed by atoms with Crippen molar-refractivity contribution in [2.45, 2.75) is 0 Å². The molecule has 72 valence electrons. The highest BCUT2D eigenvalue weighted by molar-refractivity contribution is 9.11. The zero-order valence-electron chi connectivity index (χ0n) is 6.67. The summed E-state index contributed by atoms with van der Waals surface area (Å²) < 4.78 is 1.04. The Balaban J connectivity index is 2.51. The molecule has 0 N–H and O–H groups in total. The maximum absolute atomic E-state index is 5.76. The summed E-state index contributed by atoms with van der Waals surface area (Å²) in [5.41, 5.74) is 0.741. The molecule has 2 aromatic heterocycles. The van der Waals surface area contributed by atoms with E-state index in [0.717, 1.165) is 14.4 Å². The van der Waals surface area contributed by atoms with Crippen molar-refractivity contribution in [2.24, 2.45) is 0 Å². The Labute approximate surface area is 103 Å². The molecule has 0 radical (unpaired) electrons. The van der Waals surface area contributed by atoms with Gasteiger partial charge in [-0.1, -0.05) is 11.6 Å². The van der Waals surface area contributed by atoms with E-state index in [1.165, 1.54) is 0 Å². The predicted molar refractivity (Wildman–Crippen MR) is 63.1 cm³/mol. The zero-order chi connectivity index (χ0) is 10.1. The van der Waals surface area contributed by atoms with Crippen molar-refractivity contribution in [3.63, 3.8) is 0 Å². The van der Waals surface area contributed by atoms with Crippen LogP contribution in [0.4, 0.5) is 0 Å². The summed E-state index contributed by atoms with van der Waals surface area (Å²) in [6, 6.07) is 5.58. The molecule has 2 rings (SSSR count). The summed E-state index contributed by atoms with van der Waals surface area (Å²) in [6.45, 7) is 0. The number of thiophene rings is 1. The van der Waals surface area contributed by atoms with Crippen LogP contribution in [0.5, 0.6) is 0 Å². The molecule has 2 heterocycles. The fourth-order valence-corrected chi connectivity index (χ4v) is 2.72. The van der Waals surface area contributed by atoms with E-state index in [1.807, 2.05) is 12.1 Å². The van der Waals surface area contributed by atoms with E-state index in [2.05, 4.69) is 25.9 Å². The molecule has 0 aromatic carbocycles. The van der Waals surface area contributed by atoms with Gasteiger partial charge in [-0.05, 0) is 39.7 Å². The van der Waals surface area contributed by atoms with E-state index in [9.17, 15) is 0 Å². The minimum atomic E-state index is 0.164. The van der Waals surface area contributed by atoms with Crippen LogP contribution in [0.15, 0.2) is 22.0 Å². The first-order chi connectivity index (χ1) is 6.65. The van der Waals surface area contributed by atoms with Crippen molar-refractivity contribution in [3.05, 3.63) is 32.4 Å². The van der Waals surface area contributed by atoms with Gasteiger partial charge in [-0.15, -0.1) is 11.3 Å². The molecule has 0 fully saturated rings. The van der Waals surface area contributed by atoms with Crippen molar-refractivity contribution in [2.75, 3.05) is 0 Å². The molecular formula is C8H3BrCl2N2S. The Hall–Kier alpha value is -0.160. The molecule has 0 saturated carbocycles. The third kappa shape index (κ3) is 2.25. The summed E-state index contributed by atoms with van der Waals surface area (Å²) in [5, 5.41) is 0.515. The monoisotopic (exact) mass is 308 g/mol. The summed E-state index contributed by atoms with van der Waals surface area (Å²) in [7, 11) is 0. The normalized spacial score (nSPS) is 10.5. The minimum Gasteiger partial charge on any atom is -0.217 e. The van der Waals surface area contributed by atoms with E-state index >= 15 is 0 Å². The quantitative estimate of drug-likeness (QED) is 0.580. The Bertz CT molecular complexity index is 452. The smallest absolute Gasteiger partial charge is 0.217 e. The van der Waals surface area contributed by atoms with Crippen LogP contribution in [-0.2, 0) is 0 Å². The van der Waals surface area contributed by atoms with Crippen LogP contribution >= 0.6 is 50.5 Å². The molecule has 2 nitrogen and oxygen atoms in total. The molecule has 0 spiro atoms. The Morgan fingerprint density at radius 1 is 1.21 bits per heavy atom. The largest absolute Gasteiger partial charge is 0.224 e. The molecule has 0 bridgehead atoms. The molecule has 6 heteroatoms. The van der Waals surface area contributed by atoms with Gasteiger partial charge in [-0.2, -0.15) is 0 Å². The van der Waals surface area contributed by atoms with Crippen LogP contribution in [0.1, 0.15) is 0 Å². The fourth-order valence-electron chi connectivity index (χ4n) is 0.968. The molecule has 14 heavy (non-hydrogen) atoms. The first kappa shape index (κ1) is 10.4. The Morgan fingerprint density at radius 3 is 2.57 bits per heavy atom. The van der Waals surface area contributed by atoms with Crippen molar-refractivity contribution in [1.82, 2.24) is 9.97 Å². The third-order valence-corrected chi connectivity index (χ3v) is 3.50. The number of hydrogen-bond acceptors (Lipinski definition) is 3. The summed E-state index contributed by atoms with van der Waals surface area (Å²) in [5.74, 6) is 0. The summed E-state index contributed by atoms with van der Waals surface area (Å²) in [4.78, 5) is 8.86. The number of aromatic nitrogens is 2. The third-order valence-electron chi connectivity index (χ3n) is 1.49. The maximum Gasteiger partial charge on any atom is 0.224 e. The molecule has 0 saturated heterocycles. The van der Waals surface area contributed by atoms with Gasteiger partial charge in [-0.25, -0.2) is 9.97 Å².